The molecule has 3 aromatic rings. The average molecular weight is 269 g/mol. The molecule has 0 atom stereocenters. The van der Waals surface area contributed by atoms with Crippen molar-refractivity contribution in [1.82, 2.24) is 24.8 Å². The first-order chi connectivity index (χ1) is 9.76. The Morgan fingerprint density at radius 2 is 2.20 bits per heavy atom. The first kappa shape index (κ1) is 12.6. The van der Waals surface area contributed by atoms with Crippen molar-refractivity contribution in [2.75, 3.05) is 7.05 Å². The van der Waals surface area contributed by atoms with E-state index < -0.39 is 0 Å². The van der Waals surface area contributed by atoms with E-state index in [2.05, 4.69) is 20.3 Å². The van der Waals surface area contributed by atoms with E-state index in [4.69, 9.17) is 0 Å². The topological polar surface area (TPSA) is 75.6 Å². The van der Waals surface area contributed by atoms with Gasteiger partial charge < -0.3 is 14.9 Å². The summed E-state index contributed by atoms with van der Waals surface area (Å²) in [6.07, 6.45) is 3.67. The van der Waals surface area contributed by atoms with Crippen LogP contribution in [0.25, 0.3) is 10.9 Å². The van der Waals surface area contributed by atoms with Crippen LogP contribution in [0, 0.1) is 0 Å². The van der Waals surface area contributed by atoms with E-state index >= 15 is 0 Å². The Labute approximate surface area is 115 Å². The van der Waals surface area contributed by atoms with Crippen molar-refractivity contribution in [2.24, 2.45) is 0 Å². The molecule has 0 radical (unpaired) electrons. The summed E-state index contributed by atoms with van der Waals surface area (Å²) in [5.74, 6) is 0.627. The highest BCUT2D eigenvalue weighted by molar-refractivity contribution is 5.77. The van der Waals surface area contributed by atoms with Crippen LogP contribution < -0.4 is 10.9 Å². The lowest BCUT2D eigenvalue weighted by Crippen LogP contribution is -2.13. The van der Waals surface area contributed by atoms with Crippen molar-refractivity contribution < 1.29 is 0 Å². The molecule has 1 aromatic carbocycles. The highest BCUT2D eigenvalue weighted by Gasteiger charge is 2.04. The van der Waals surface area contributed by atoms with Gasteiger partial charge in [-0.25, -0.2) is 9.97 Å². The third-order valence-electron chi connectivity index (χ3n) is 3.04. The molecule has 0 spiro atoms. The molecule has 2 N–H and O–H groups in total. The van der Waals surface area contributed by atoms with Gasteiger partial charge in [-0.2, -0.15) is 0 Å². The standard InChI is InChI=1S/C14H15N5O/c1-15-6-10-7-19(9-16-10)8-13-17-12-5-3-2-4-11(12)14(20)18-13/h2-5,7,9,15H,6,8H2,1H3,(H,17,18,20). The van der Waals surface area contributed by atoms with Gasteiger partial charge in [0.1, 0.15) is 5.82 Å². The zero-order valence-electron chi connectivity index (χ0n) is 11.1. The Morgan fingerprint density at radius 1 is 1.35 bits per heavy atom. The molecule has 0 aliphatic rings. The molecular formula is C14H15N5O. The molecular weight excluding hydrogens is 254 g/mol. The molecule has 0 saturated heterocycles. The monoisotopic (exact) mass is 269 g/mol. The number of para-hydroxylation sites is 1. The second-order valence-electron chi connectivity index (χ2n) is 4.60. The maximum absolute atomic E-state index is 12.0. The maximum atomic E-state index is 12.0. The third kappa shape index (κ3) is 2.46. The van der Waals surface area contributed by atoms with Gasteiger partial charge in [0.05, 0.1) is 29.5 Å². The van der Waals surface area contributed by atoms with Crippen molar-refractivity contribution in [1.29, 1.82) is 0 Å². The van der Waals surface area contributed by atoms with Crippen LogP contribution in [-0.2, 0) is 13.1 Å². The van der Waals surface area contributed by atoms with E-state index in [1.807, 2.05) is 36.0 Å². The number of imidazole rings is 1. The number of aromatic nitrogens is 4. The Bertz CT molecular complexity index is 789. The Hall–Kier alpha value is -2.47. The van der Waals surface area contributed by atoms with Crippen molar-refractivity contribution in [3.63, 3.8) is 0 Å². The zero-order valence-corrected chi connectivity index (χ0v) is 11.1. The average Bonchev–Trinajstić information content (AvgIpc) is 2.87. The van der Waals surface area contributed by atoms with Gasteiger partial charge in [-0.15, -0.1) is 0 Å². The summed E-state index contributed by atoms with van der Waals surface area (Å²) in [5.41, 5.74) is 1.55. The lowest BCUT2D eigenvalue weighted by Gasteiger charge is -2.03. The van der Waals surface area contributed by atoms with E-state index in [-0.39, 0.29) is 5.56 Å². The van der Waals surface area contributed by atoms with Crippen molar-refractivity contribution in [3.05, 3.63) is 58.7 Å². The SMILES string of the molecule is CNCc1cn(Cc2nc3ccccc3c(=O)[nH]2)cn1. The number of rotatable bonds is 4. The lowest BCUT2D eigenvalue weighted by atomic mass is 10.2. The molecule has 3 rings (SSSR count). The Morgan fingerprint density at radius 3 is 3.05 bits per heavy atom. The summed E-state index contributed by atoms with van der Waals surface area (Å²) in [6, 6.07) is 7.32. The van der Waals surface area contributed by atoms with Gasteiger partial charge in [0.25, 0.3) is 5.56 Å². The minimum atomic E-state index is -0.110. The van der Waals surface area contributed by atoms with Crippen molar-refractivity contribution >= 4 is 10.9 Å². The number of hydrogen-bond donors (Lipinski definition) is 2. The molecule has 0 aliphatic carbocycles. The van der Waals surface area contributed by atoms with Crippen LogP contribution in [0.15, 0.2) is 41.6 Å². The van der Waals surface area contributed by atoms with Crippen LogP contribution in [0.2, 0.25) is 0 Å². The molecule has 6 heteroatoms. The number of fused-ring (bicyclic) bond motifs is 1. The van der Waals surface area contributed by atoms with Crippen molar-refractivity contribution in [2.45, 2.75) is 13.1 Å². The first-order valence-electron chi connectivity index (χ1n) is 6.39. The van der Waals surface area contributed by atoms with Crippen LogP contribution in [0.5, 0.6) is 0 Å². The summed E-state index contributed by atoms with van der Waals surface area (Å²) in [5, 5.41) is 3.65. The van der Waals surface area contributed by atoms with Gasteiger partial charge in [-0.3, -0.25) is 4.79 Å². The zero-order chi connectivity index (χ0) is 13.9. The molecule has 2 heterocycles. The van der Waals surface area contributed by atoms with Gasteiger partial charge >= 0.3 is 0 Å². The normalized spacial score (nSPS) is 11.1. The predicted molar refractivity (Wildman–Crippen MR) is 76.5 cm³/mol. The van der Waals surface area contributed by atoms with Crippen LogP contribution in [0.4, 0.5) is 0 Å². The largest absolute Gasteiger partial charge is 0.330 e. The van der Waals surface area contributed by atoms with Gasteiger partial charge in [-0.05, 0) is 19.2 Å². The molecule has 102 valence electrons. The molecule has 0 bridgehead atoms. The quantitative estimate of drug-likeness (QED) is 0.737. The molecule has 0 amide bonds. The molecule has 0 fully saturated rings. The molecule has 20 heavy (non-hydrogen) atoms. The van der Waals surface area contributed by atoms with Crippen LogP contribution in [0.1, 0.15) is 11.5 Å². The highest BCUT2D eigenvalue weighted by atomic mass is 16.1. The van der Waals surface area contributed by atoms with Gasteiger partial charge in [0, 0.05) is 12.7 Å². The number of nitrogens with one attached hydrogen (secondary N) is 2. The summed E-state index contributed by atoms with van der Waals surface area (Å²) in [6.45, 7) is 1.21. The van der Waals surface area contributed by atoms with Crippen LogP contribution in [-0.4, -0.2) is 26.6 Å². The summed E-state index contributed by atoms with van der Waals surface area (Å²) in [7, 11) is 1.88. The predicted octanol–water partition coefficient (Wildman–Crippen LogP) is 0.887. The number of aromatic amines is 1. The maximum Gasteiger partial charge on any atom is 0.258 e. The highest BCUT2D eigenvalue weighted by Crippen LogP contribution is 2.06. The summed E-state index contributed by atoms with van der Waals surface area (Å²) in [4.78, 5) is 23.5. The summed E-state index contributed by atoms with van der Waals surface area (Å²) < 4.78 is 1.90. The molecule has 0 saturated carbocycles. The lowest BCUT2D eigenvalue weighted by molar-refractivity contribution is 0.741. The molecule has 0 aliphatic heterocycles. The Kier molecular flexibility index (Phi) is 3.30. The second-order valence-corrected chi connectivity index (χ2v) is 4.60. The molecule has 6 nitrogen and oxygen atoms in total. The van der Waals surface area contributed by atoms with Crippen LogP contribution >= 0.6 is 0 Å². The van der Waals surface area contributed by atoms with E-state index in [9.17, 15) is 4.79 Å². The third-order valence-corrected chi connectivity index (χ3v) is 3.04. The second kappa shape index (κ2) is 5.26. The smallest absolute Gasteiger partial charge is 0.258 e. The number of hydrogen-bond acceptors (Lipinski definition) is 4. The number of H-pyrrole nitrogens is 1. The minimum Gasteiger partial charge on any atom is -0.330 e. The van der Waals surface area contributed by atoms with E-state index in [1.54, 1.807) is 12.4 Å². The van der Waals surface area contributed by atoms with Gasteiger partial charge in [0.15, 0.2) is 0 Å². The molecule has 0 unspecified atom stereocenters. The van der Waals surface area contributed by atoms with Crippen molar-refractivity contribution in [3.8, 4) is 0 Å². The fraction of sp³-hybridized carbons (Fsp3) is 0.214. The fourth-order valence-electron chi connectivity index (χ4n) is 2.15. The van der Waals surface area contributed by atoms with E-state index in [0.29, 0.717) is 29.8 Å². The minimum absolute atomic E-state index is 0.110. The number of benzene rings is 1. The number of nitrogens with zero attached hydrogens (tertiary/aromatic N) is 3. The fourth-order valence-corrected chi connectivity index (χ4v) is 2.15. The van der Waals surface area contributed by atoms with Gasteiger partial charge in [0.2, 0.25) is 0 Å². The summed E-state index contributed by atoms with van der Waals surface area (Å²) >= 11 is 0. The first-order valence-corrected chi connectivity index (χ1v) is 6.39. The van der Waals surface area contributed by atoms with E-state index in [0.717, 1.165) is 5.69 Å². The van der Waals surface area contributed by atoms with Crippen LogP contribution in [0.3, 0.4) is 0 Å². The molecule has 2 aromatic heterocycles. The van der Waals surface area contributed by atoms with E-state index in [1.165, 1.54) is 0 Å². The van der Waals surface area contributed by atoms with Gasteiger partial charge in [-0.1, -0.05) is 12.1 Å². The Balaban J connectivity index is 1.92.